The van der Waals surface area contributed by atoms with Crippen molar-refractivity contribution in [2.45, 2.75) is 51.2 Å². The summed E-state index contributed by atoms with van der Waals surface area (Å²) in [6, 6.07) is 9.86. The van der Waals surface area contributed by atoms with Crippen molar-refractivity contribution in [3.05, 3.63) is 52.1 Å². The molecule has 4 rings (SSSR count). The fourth-order valence-corrected chi connectivity index (χ4v) is 4.75. The van der Waals surface area contributed by atoms with Crippen LogP contribution in [-0.2, 0) is 21.6 Å². The summed E-state index contributed by atoms with van der Waals surface area (Å²) in [5.41, 5.74) is 0.488. The van der Waals surface area contributed by atoms with Crippen LogP contribution < -0.4 is 10.5 Å². The molecule has 3 heterocycles. The number of benzene rings is 1. The van der Waals surface area contributed by atoms with E-state index >= 15 is 0 Å². The molecule has 8 heteroatoms. The predicted octanol–water partition coefficient (Wildman–Crippen LogP) is 3.43. The van der Waals surface area contributed by atoms with Gasteiger partial charge in [-0.3, -0.25) is 9.59 Å². The van der Waals surface area contributed by atoms with E-state index in [0.717, 1.165) is 25.8 Å². The van der Waals surface area contributed by atoms with Gasteiger partial charge in [0.05, 0.1) is 6.04 Å². The predicted molar refractivity (Wildman–Crippen MR) is 118 cm³/mol. The summed E-state index contributed by atoms with van der Waals surface area (Å²) in [5.74, 6) is 0.688. The van der Waals surface area contributed by atoms with Crippen LogP contribution in [0.25, 0.3) is 10.3 Å². The number of Topliss-reactive ketones (excluding diaryl/α,β-unsaturated/α-hetero) is 1. The van der Waals surface area contributed by atoms with Crippen LogP contribution in [-0.4, -0.2) is 40.4 Å². The van der Waals surface area contributed by atoms with E-state index in [2.05, 4.69) is 15.0 Å². The first kappa shape index (κ1) is 20.7. The number of hydrogen-bond donors (Lipinski definition) is 1. The summed E-state index contributed by atoms with van der Waals surface area (Å²) >= 11 is 1.36. The van der Waals surface area contributed by atoms with Crippen molar-refractivity contribution in [3.63, 3.8) is 0 Å². The van der Waals surface area contributed by atoms with Crippen molar-refractivity contribution in [3.8, 4) is 0 Å². The lowest BCUT2D eigenvalue weighted by molar-refractivity contribution is -0.120. The highest BCUT2D eigenvalue weighted by Gasteiger charge is 2.33. The maximum Gasteiger partial charge on any atom is 0.278 e. The van der Waals surface area contributed by atoms with Gasteiger partial charge in [-0.2, -0.15) is 0 Å². The number of aromatic amines is 1. The van der Waals surface area contributed by atoms with Gasteiger partial charge >= 0.3 is 0 Å². The quantitative estimate of drug-likeness (QED) is 0.623. The van der Waals surface area contributed by atoms with Crippen LogP contribution in [0.2, 0.25) is 0 Å². The second kappa shape index (κ2) is 8.28. The van der Waals surface area contributed by atoms with E-state index < -0.39 is 5.60 Å². The number of anilines is 1. The molecule has 1 fully saturated rings. The molecule has 0 unspecified atom stereocenters. The fraction of sp³-hybridized carbons (Fsp3) is 0.455. The lowest BCUT2D eigenvalue weighted by Crippen LogP contribution is -2.36. The maximum atomic E-state index is 12.9. The summed E-state index contributed by atoms with van der Waals surface area (Å²) in [5, 5.41) is 0.686. The van der Waals surface area contributed by atoms with Crippen molar-refractivity contribution in [2.24, 2.45) is 0 Å². The molecule has 1 aliphatic heterocycles. The third kappa shape index (κ3) is 4.02. The number of aryl methyl sites for hydroxylation is 1. The highest BCUT2D eigenvalue weighted by atomic mass is 32.1. The van der Waals surface area contributed by atoms with Crippen molar-refractivity contribution >= 4 is 32.6 Å². The molecule has 0 aliphatic carbocycles. The van der Waals surface area contributed by atoms with Crippen LogP contribution in [0.15, 0.2) is 35.1 Å². The highest BCUT2D eigenvalue weighted by molar-refractivity contribution is 7.21. The highest BCUT2D eigenvalue weighted by Crippen LogP contribution is 2.33. The van der Waals surface area contributed by atoms with Gasteiger partial charge in [-0.25, -0.2) is 9.97 Å². The van der Waals surface area contributed by atoms with Gasteiger partial charge in [0.1, 0.15) is 11.4 Å². The summed E-state index contributed by atoms with van der Waals surface area (Å²) in [7, 11) is 1.58. The summed E-state index contributed by atoms with van der Waals surface area (Å²) < 4.78 is 5.44. The molecule has 158 valence electrons. The van der Waals surface area contributed by atoms with Gasteiger partial charge in [-0.15, -0.1) is 0 Å². The van der Waals surface area contributed by atoms with Crippen LogP contribution in [0.4, 0.5) is 5.13 Å². The number of fused-ring (bicyclic) bond motifs is 1. The van der Waals surface area contributed by atoms with Crippen molar-refractivity contribution < 1.29 is 9.53 Å². The van der Waals surface area contributed by atoms with Crippen LogP contribution in [0.3, 0.4) is 0 Å². The van der Waals surface area contributed by atoms with Crippen LogP contribution in [0, 0.1) is 0 Å². The molecule has 1 aliphatic rings. The molecule has 0 saturated carbocycles. The Labute approximate surface area is 179 Å². The van der Waals surface area contributed by atoms with E-state index in [1.54, 1.807) is 7.11 Å². The minimum atomic E-state index is -0.707. The van der Waals surface area contributed by atoms with E-state index in [4.69, 9.17) is 4.74 Å². The van der Waals surface area contributed by atoms with Crippen molar-refractivity contribution in [1.82, 2.24) is 15.0 Å². The number of thiazole rings is 1. The molecule has 1 aromatic carbocycles. The van der Waals surface area contributed by atoms with E-state index in [1.807, 2.05) is 49.1 Å². The first-order valence-corrected chi connectivity index (χ1v) is 11.0. The number of rotatable bonds is 7. The van der Waals surface area contributed by atoms with Crippen LogP contribution >= 0.6 is 11.3 Å². The van der Waals surface area contributed by atoms with Gasteiger partial charge in [0.15, 0.2) is 21.3 Å². The monoisotopic (exact) mass is 426 g/mol. The minimum absolute atomic E-state index is 0.191. The molecule has 0 spiro atoms. The maximum absolute atomic E-state index is 12.9. The van der Waals surface area contributed by atoms with Gasteiger partial charge in [-0.1, -0.05) is 41.7 Å². The van der Waals surface area contributed by atoms with Crippen molar-refractivity contribution in [2.75, 3.05) is 18.6 Å². The molecule has 30 heavy (non-hydrogen) atoms. The Morgan fingerprint density at radius 1 is 1.30 bits per heavy atom. The minimum Gasteiger partial charge on any atom is -0.371 e. The Hall–Kier alpha value is -2.58. The molecule has 0 amide bonds. The van der Waals surface area contributed by atoms with E-state index in [1.165, 1.54) is 16.9 Å². The summed E-state index contributed by atoms with van der Waals surface area (Å²) in [6.07, 6.45) is 2.99. The number of carbonyl (C=O) groups is 1. The molecule has 3 aromatic rings. The number of carbonyl (C=O) groups excluding carboxylic acids is 1. The fourth-order valence-electron chi connectivity index (χ4n) is 3.73. The first-order valence-electron chi connectivity index (χ1n) is 10.2. The first-order chi connectivity index (χ1) is 14.4. The number of ether oxygens (including phenoxy) is 1. The number of nitrogens with zero attached hydrogens (tertiary/aromatic N) is 3. The number of methoxy groups -OCH3 is 1. The Morgan fingerprint density at radius 2 is 2.07 bits per heavy atom. The number of H-pyrrole nitrogens is 1. The Bertz CT molecular complexity index is 1110. The SMILES string of the molecule is COC(C)(C)c1nc2sc(N3CCC[C@@H]3C(=O)CCc3ccccc3)nc2c(=O)[nH]1. The molecule has 1 atom stereocenters. The van der Waals surface area contributed by atoms with E-state index in [0.29, 0.717) is 27.7 Å². The number of ketones is 1. The molecule has 0 radical (unpaired) electrons. The smallest absolute Gasteiger partial charge is 0.278 e. The molecule has 1 saturated heterocycles. The Balaban J connectivity index is 1.57. The number of hydrogen-bond acceptors (Lipinski definition) is 7. The van der Waals surface area contributed by atoms with Crippen molar-refractivity contribution in [1.29, 1.82) is 0 Å². The zero-order valence-electron chi connectivity index (χ0n) is 17.5. The van der Waals surface area contributed by atoms with E-state index in [9.17, 15) is 9.59 Å². The number of nitrogens with one attached hydrogen (secondary N) is 1. The molecule has 0 bridgehead atoms. The Morgan fingerprint density at radius 3 is 2.80 bits per heavy atom. The lowest BCUT2D eigenvalue weighted by atomic mass is 10.0. The number of aromatic nitrogens is 3. The van der Waals surface area contributed by atoms with Crippen LogP contribution in [0.1, 0.15) is 44.5 Å². The Kier molecular flexibility index (Phi) is 5.71. The molecule has 7 nitrogen and oxygen atoms in total. The summed E-state index contributed by atoms with van der Waals surface area (Å²) in [4.78, 5) is 40.0. The zero-order valence-corrected chi connectivity index (χ0v) is 18.3. The third-order valence-corrected chi connectivity index (χ3v) is 6.70. The van der Waals surface area contributed by atoms with Gasteiger partial charge < -0.3 is 14.6 Å². The van der Waals surface area contributed by atoms with E-state index in [-0.39, 0.29) is 17.4 Å². The lowest BCUT2D eigenvalue weighted by Gasteiger charge is -2.22. The van der Waals surface area contributed by atoms with Crippen LogP contribution in [0.5, 0.6) is 0 Å². The normalized spacial score (nSPS) is 17.0. The summed E-state index contributed by atoms with van der Waals surface area (Å²) in [6.45, 7) is 4.46. The molecule has 2 aromatic heterocycles. The molecular formula is C22H26N4O3S. The molecular weight excluding hydrogens is 400 g/mol. The average molecular weight is 427 g/mol. The standard InChI is InChI=1S/C22H26N4O3S/c1-22(2,29-3)20-24-18(28)17-19(25-20)30-21(23-17)26-13-7-10-15(26)16(27)12-11-14-8-5-4-6-9-14/h4-6,8-9,15H,7,10-13H2,1-3H3,(H,24,25,28)/t15-/m1/s1. The van der Waals surface area contributed by atoms with Gasteiger partial charge in [-0.05, 0) is 38.7 Å². The second-order valence-corrected chi connectivity index (χ2v) is 9.04. The zero-order chi connectivity index (χ0) is 21.3. The molecule has 1 N–H and O–H groups in total. The van der Waals surface area contributed by atoms with Gasteiger partial charge in [0, 0.05) is 20.1 Å². The van der Waals surface area contributed by atoms with Gasteiger partial charge in [0.25, 0.3) is 5.56 Å². The third-order valence-electron chi connectivity index (χ3n) is 5.71. The largest absolute Gasteiger partial charge is 0.371 e. The second-order valence-electron chi connectivity index (χ2n) is 8.08. The topological polar surface area (TPSA) is 88.2 Å². The van der Waals surface area contributed by atoms with Gasteiger partial charge in [0.2, 0.25) is 0 Å². The average Bonchev–Trinajstić information content (AvgIpc) is 3.40.